The van der Waals surface area contributed by atoms with Gasteiger partial charge in [0.05, 0.1) is 11.4 Å². The largest absolute Gasteiger partial charge is 2.00 e. The molecule has 0 bridgehead atoms. The second-order valence-electron chi connectivity index (χ2n) is 7.76. The van der Waals surface area contributed by atoms with E-state index in [4.69, 9.17) is 4.98 Å². The van der Waals surface area contributed by atoms with E-state index in [0.717, 1.165) is 37.0 Å². The van der Waals surface area contributed by atoms with E-state index < -0.39 is 6.17 Å². The maximum atomic E-state index is 15.8. The third-order valence-electron chi connectivity index (χ3n) is 5.59. The number of hydrogen-bond donors (Lipinski definition) is 0. The number of nitrogens with zero attached hydrogens (tertiary/aromatic N) is 2. The third kappa shape index (κ3) is 4.20. The van der Waals surface area contributed by atoms with Crippen molar-refractivity contribution in [1.29, 1.82) is 0 Å². The Labute approximate surface area is 215 Å². The third-order valence-corrected chi connectivity index (χ3v) is 6.69. The minimum absolute atomic E-state index is 0. The molecule has 0 N–H and O–H groups in total. The topological polar surface area (TPSA) is 25.8 Å². The van der Waals surface area contributed by atoms with Crippen molar-refractivity contribution in [3.05, 3.63) is 121 Å². The van der Waals surface area contributed by atoms with Crippen LogP contribution in [0.5, 0.6) is 0 Å². The van der Waals surface area contributed by atoms with Gasteiger partial charge in [0.15, 0.2) is 6.17 Å². The first-order chi connectivity index (χ1) is 16.3. The number of benzene rings is 3. The number of fused-ring (bicyclic) bond motifs is 2. The fourth-order valence-electron chi connectivity index (χ4n) is 4.00. The number of alkyl halides is 1. The summed E-state index contributed by atoms with van der Waals surface area (Å²) in [5.41, 5.74) is 2.95. The van der Waals surface area contributed by atoms with Crippen LogP contribution < -0.4 is 0 Å². The summed E-state index contributed by atoms with van der Waals surface area (Å²) in [5.74, 6) is 0. The van der Waals surface area contributed by atoms with Crippen molar-refractivity contribution in [2.45, 2.75) is 6.17 Å². The molecule has 0 spiro atoms. The van der Waals surface area contributed by atoms with Gasteiger partial charge >= 0.3 is 21.1 Å². The van der Waals surface area contributed by atoms with Crippen LogP contribution >= 0.6 is 11.3 Å². The van der Waals surface area contributed by atoms with Gasteiger partial charge in [-0.2, -0.15) is 0 Å². The van der Waals surface area contributed by atoms with Crippen molar-refractivity contribution >= 4 is 32.2 Å². The van der Waals surface area contributed by atoms with E-state index in [0.29, 0.717) is 17.1 Å². The van der Waals surface area contributed by atoms with Gasteiger partial charge in [-0.05, 0) is 38.2 Å². The van der Waals surface area contributed by atoms with Crippen molar-refractivity contribution < 1.29 is 25.5 Å². The maximum Gasteiger partial charge on any atom is 2.00 e. The van der Waals surface area contributed by atoms with Gasteiger partial charge in [-0.1, -0.05) is 48.5 Å². The average molecular weight is 640 g/mol. The van der Waals surface area contributed by atoms with Crippen molar-refractivity contribution in [2.75, 3.05) is 0 Å². The van der Waals surface area contributed by atoms with Crippen molar-refractivity contribution in [3.8, 4) is 21.8 Å². The van der Waals surface area contributed by atoms with Gasteiger partial charge in [0.25, 0.3) is 0 Å². The summed E-state index contributed by atoms with van der Waals surface area (Å²) in [4.78, 5) is 10.3. The number of aromatic nitrogens is 2. The van der Waals surface area contributed by atoms with Crippen LogP contribution in [0, 0.1) is 12.1 Å². The standard InChI is InChI=1S/C29H17FN2S.Pt/c30-28(24-15-8-14-23(31-24)27-18-21-12-5-7-16-26(21)33-27)25-17-20-11-4-6-13-22(20)29(32-25)19-9-2-1-3-10-19;/h1-9,11-17,28H;/q-2;+2. The van der Waals surface area contributed by atoms with Gasteiger partial charge in [-0.3, -0.25) is 9.97 Å². The quantitative estimate of drug-likeness (QED) is 0.184. The molecule has 1 atom stereocenters. The fraction of sp³-hybridized carbons (Fsp3) is 0.0345. The molecule has 6 rings (SSSR count). The molecule has 0 fully saturated rings. The van der Waals surface area contributed by atoms with Gasteiger partial charge < -0.3 is 0 Å². The first-order valence-corrected chi connectivity index (χ1v) is 11.5. The fourth-order valence-corrected chi connectivity index (χ4v) is 4.97. The molecule has 3 aromatic carbocycles. The average Bonchev–Trinajstić information content (AvgIpc) is 3.33. The molecule has 0 saturated carbocycles. The van der Waals surface area contributed by atoms with Crippen LogP contribution in [0.25, 0.3) is 42.7 Å². The van der Waals surface area contributed by atoms with Gasteiger partial charge in [-0.15, -0.1) is 59.5 Å². The molecular formula is C29H17FN2PtS. The molecule has 0 aliphatic heterocycles. The second kappa shape index (κ2) is 9.58. The molecule has 34 heavy (non-hydrogen) atoms. The van der Waals surface area contributed by atoms with Gasteiger partial charge in [0, 0.05) is 5.69 Å². The van der Waals surface area contributed by atoms with Crippen LogP contribution in [0.3, 0.4) is 0 Å². The predicted octanol–water partition coefficient (Wildman–Crippen LogP) is 7.84. The summed E-state index contributed by atoms with van der Waals surface area (Å²) in [6.45, 7) is 0. The Hall–Kier alpha value is -3.20. The summed E-state index contributed by atoms with van der Waals surface area (Å²) in [7, 11) is 0. The molecule has 3 aromatic heterocycles. The van der Waals surface area contributed by atoms with Crippen LogP contribution in [-0.2, 0) is 21.1 Å². The minimum atomic E-state index is -1.45. The van der Waals surface area contributed by atoms with Crippen LogP contribution in [0.1, 0.15) is 17.6 Å². The Bertz CT molecular complexity index is 1560. The minimum Gasteiger partial charge on any atom is -0.297 e. The molecular weight excluding hydrogens is 622 g/mol. The number of thiophene rings is 1. The van der Waals surface area contributed by atoms with E-state index in [1.165, 1.54) is 0 Å². The molecule has 2 nitrogen and oxygen atoms in total. The zero-order chi connectivity index (χ0) is 22.2. The SMILES string of the molecule is FC(c1cccc(-c2[c-]c3ccccc3s2)n1)c1cc2ccccc2c(-c2[c-]cccc2)n1.[Pt+2]. The second-order valence-corrected chi connectivity index (χ2v) is 8.81. The van der Waals surface area contributed by atoms with Gasteiger partial charge in [0.1, 0.15) is 0 Å². The molecule has 6 aromatic rings. The first-order valence-electron chi connectivity index (χ1n) is 10.7. The van der Waals surface area contributed by atoms with Crippen molar-refractivity contribution in [3.63, 3.8) is 0 Å². The molecule has 0 radical (unpaired) electrons. The van der Waals surface area contributed by atoms with E-state index in [1.54, 1.807) is 17.4 Å². The number of hydrogen-bond acceptors (Lipinski definition) is 3. The Balaban J connectivity index is 0.00000241. The van der Waals surface area contributed by atoms with E-state index in [2.05, 4.69) is 23.2 Å². The summed E-state index contributed by atoms with van der Waals surface area (Å²) >= 11 is 1.61. The molecule has 0 aliphatic rings. The number of halogens is 1. The zero-order valence-corrected chi connectivity index (χ0v) is 20.9. The Morgan fingerprint density at radius 1 is 0.794 bits per heavy atom. The van der Waals surface area contributed by atoms with Crippen LogP contribution in [0.15, 0.2) is 97.1 Å². The normalized spacial score (nSPS) is 11.9. The summed E-state index contributed by atoms with van der Waals surface area (Å²) < 4.78 is 17.0. The van der Waals surface area contributed by atoms with E-state index >= 15 is 4.39 Å². The molecule has 1 unspecified atom stereocenters. The smallest absolute Gasteiger partial charge is 0.297 e. The maximum absolute atomic E-state index is 15.8. The Kier molecular flexibility index (Phi) is 6.36. The predicted molar refractivity (Wildman–Crippen MR) is 133 cm³/mol. The molecule has 0 aliphatic carbocycles. The summed E-state index contributed by atoms with van der Waals surface area (Å²) in [6.07, 6.45) is -1.45. The van der Waals surface area contributed by atoms with E-state index in [9.17, 15) is 0 Å². The monoisotopic (exact) mass is 639 g/mol. The number of pyridine rings is 2. The number of rotatable bonds is 4. The van der Waals surface area contributed by atoms with Crippen LogP contribution in [0.2, 0.25) is 0 Å². The van der Waals surface area contributed by atoms with Crippen LogP contribution in [0.4, 0.5) is 4.39 Å². The zero-order valence-electron chi connectivity index (χ0n) is 17.8. The summed E-state index contributed by atoms with van der Waals surface area (Å²) in [5, 5.41) is 2.95. The molecule has 3 heterocycles. The van der Waals surface area contributed by atoms with Gasteiger partial charge in [0.2, 0.25) is 0 Å². The molecule has 0 saturated heterocycles. The summed E-state index contributed by atoms with van der Waals surface area (Å²) in [6, 6.07) is 37.5. The van der Waals surface area contributed by atoms with Crippen molar-refractivity contribution in [2.24, 2.45) is 0 Å². The molecule has 0 amide bonds. The Morgan fingerprint density at radius 3 is 2.47 bits per heavy atom. The molecule has 166 valence electrons. The van der Waals surface area contributed by atoms with Crippen molar-refractivity contribution in [1.82, 2.24) is 9.97 Å². The van der Waals surface area contributed by atoms with Crippen LogP contribution in [-0.4, -0.2) is 9.97 Å². The van der Waals surface area contributed by atoms with E-state index in [-0.39, 0.29) is 21.1 Å². The Morgan fingerprint density at radius 2 is 1.62 bits per heavy atom. The first kappa shape index (κ1) is 22.6. The molecule has 5 heteroatoms. The van der Waals surface area contributed by atoms with Gasteiger partial charge in [-0.25, -0.2) is 15.7 Å². The van der Waals surface area contributed by atoms with E-state index in [1.807, 2.05) is 84.9 Å².